The van der Waals surface area contributed by atoms with Gasteiger partial charge in [-0.25, -0.2) is 0 Å². The second kappa shape index (κ2) is 15.7. The normalized spacial score (nSPS) is 15.5. The molecule has 0 bridgehead atoms. The van der Waals surface area contributed by atoms with Crippen LogP contribution in [-0.2, 0) is 30.1 Å². The summed E-state index contributed by atoms with van der Waals surface area (Å²) in [5, 5.41) is 1.54. The summed E-state index contributed by atoms with van der Waals surface area (Å²) in [5.41, 5.74) is 14.2. The van der Waals surface area contributed by atoms with Gasteiger partial charge in [0.25, 0.3) is 0 Å². The van der Waals surface area contributed by atoms with E-state index in [1.165, 1.54) is 50.1 Å². The average molecular weight is 852 g/mol. The Morgan fingerprint density at radius 1 is 0.596 bits per heavy atom. The molecule has 4 aromatic carbocycles. The molecule has 274 valence electrons. The zero-order valence-electron chi connectivity index (χ0n) is 32.7. The second-order valence-electron chi connectivity index (χ2n) is 17.7. The Morgan fingerprint density at radius 3 is 1.35 bits per heavy atom. The standard InChI is InChI=1S/C21H25.C12H19.2C7H5Cl.2ClH.Zr/c1-20(2,3)16-7-9-18-14(12-16)11-15-13-17(21(4,5)6)8-10-19(15)18;1-6-10-7-9(2)8-11(10)12(3,4)5;2*1-6-2-4-7(8)5-3-6;;;/h7-13H,1-6H3;8-9H,6H2,1-5H3;2*1-5H;2*1H;/q;;;;;;+2/p-2. The summed E-state index contributed by atoms with van der Waals surface area (Å²) in [4.78, 5) is 0. The summed E-state index contributed by atoms with van der Waals surface area (Å²) in [6.45, 7) is 26.1. The Hall–Kier alpha value is -1.86. The summed E-state index contributed by atoms with van der Waals surface area (Å²) in [5.74, 6) is 0.325. The molecule has 2 aliphatic carbocycles. The molecule has 0 saturated heterocycles. The van der Waals surface area contributed by atoms with Crippen molar-refractivity contribution in [1.29, 1.82) is 0 Å². The van der Waals surface area contributed by atoms with Gasteiger partial charge < -0.3 is 24.8 Å². The van der Waals surface area contributed by atoms with Gasteiger partial charge in [0.05, 0.1) is 0 Å². The fourth-order valence-corrected chi connectivity index (χ4v) is 22.9. The third-order valence-electron chi connectivity index (χ3n) is 10.9. The second-order valence-corrected chi connectivity index (χ2v) is 27.3. The molecule has 0 radical (unpaired) electrons. The molecule has 2 aliphatic rings. The summed E-state index contributed by atoms with van der Waals surface area (Å²) >= 11 is 8.99. The van der Waals surface area contributed by atoms with Crippen molar-refractivity contribution in [2.24, 2.45) is 11.3 Å². The van der Waals surface area contributed by atoms with Gasteiger partial charge >= 0.3 is 318 Å². The van der Waals surface area contributed by atoms with E-state index in [1.807, 2.05) is 0 Å². The molecule has 0 spiro atoms. The van der Waals surface area contributed by atoms with Crippen LogP contribution in [0, 0.1) is 11.3 Å². The molecular formula is C47H54Cl4Zr. The molecule has 0 fully saturated rings. The largest absolute Gasteiger partial charge is 1.00 e. The van der Waals surface area contributed by atoms with Crippen LogP contribution in [0.15, 0.2) is 105 Å². The molecule has 0 aromatic heterocycles. The third kappa shape index (κ3) is 8.21. The van der Waals surface area contributed by atoms with E-state index in [9.17, 15) is 0 Å². The van der Waals surface area contributed by atoms with Crippen molar-refractivity contribution < 1.29 is 44.1 Å². The van der Waals surface area contributed by atoms with Crippen LogP contribution in [0.4, 0.5) is 0 Å². The summed E-state index contributed by atoms with van der Waals surface area (Å²) in [7, 11) is 0. The molecule has 0 aliphatic heterocycles. The maximum atomic E-state index is 6.54. The molecule has 1 atom stereocenters. The van der Waals surface area contributed by atoms with Gasteiger partial charge in [-0.2, -0.15) is 0 Å². The number of hydrogen-bond acceptors (Lipinski definition) is 0. The molecule has 0 N–H and O–H groups in total. The zero-order valence-corrected chi connectivity index (χ0v) is 38.2. The predicted octanol–water partition coefficient (Wildman–Crippen LogP) is 7.81. The number of rotatable bonds is 5. The van der Waals surface area contributed by atoms with Crippen molar-refractivity contribution in [3.63, 3.8) is 0 Å². The Balaban J connectivity index is 0.00000302. The smallest absolute Gasteiger partial charge is 1.00 e. The minimum Gasteiger partial charge on any atom is -1.00 e. The van der Waals surface area contributed by atoms with Gasteiger partial charge in [-0.1, -0.05) is 0 Å². The molecule has 5 heteroatoms. The van der Waals surface area contributed by atoms with E-state index in [0.717, 1.165) is 16.5 Å². The van der Waals surface area contributed by atoms with Crippen molar-refractivity contribution in [3.8, 4) is 11.1 Å². The van der Waals surface area contributed by atoms with Gasteiger partial charge in [0, 0.05) is 0 Å². The quantitative estimate of drug-likeness (QED) is 0.193. The van der Waals surface area contributed by atoms with E-state index >= 15 is 0 Å². The van der Waals surface area contributed by atoms with E-state index in [4.69, 9.17) is 23.2 Å². The van der Waals surface area contributed by atoms with Gasteiger partial charge in [-0.05, 0) is 0 Å². The number of allylic oxidation sites excluding steroid dienone is 4. The van der Waals surface area contributed by atoms with Crippen LogP contribution in [0.5, 0.6) is 0 Å². The maximum Gasteiger partial charge on any atom is -1.00 e. The summed E-state index contributed by atoms with van der Waals surface area (Å²) < 4.78 is 7.48. The first kappa shape index (κ1) is 42.9. The third-order valence-corrected chi connectivity index (χ3v) is 23.4. The van der Waals surface area contributed by atoms with Crippen molar-refractivity contribution in [1.82, 2.24) is 0 Å². The van der Waals surface area contributed by atoms with Gasteiger partial charge in [0.2, 0.25) is 0 Å². The Morgan fingerprint density at radius 2 is 1.00 bits per heavy atom. The van der Waals surface area contributed by atoms with Crippen LogP contribution >= 0.6 is 23.2 Å². The monoisotopic (exact) mass is 848 g/mol. The first-order valence-electron chi connectivity index (χ1n) is 18.3. The van der Waals surface area contributed by atoms with Crippen molar-refractivity contribution in [2.75, 3.05) is 0 Å². The Labute approximate surface area is 340 Å². The Kier molecular flexibility index (Phi) is 13.0. The fraction of sp³-hybridized carbons (Fsp3) is 0.362. The van der Waals surface area contributed by atoms with E-state index in [1.54, 1.807) is 8.85 Å². The van der Waals surface area contributed by atoms with Crippen molar-refractivity contribution >= 4 is 30.6 Å². The van der Waals surface area contributed by atoms with E-state index in [2.05, 4.69) is 175 Å². The molecule has 4 aromatic rings. The molecule has 0 nitrogen and oxygen atoms in total. The van der Waals surface area contributed by atoms with E-state index < -0.39 is 19.3 Å². The van der Waals surface area contributed by atoms with Crippen LogP contribution in [0.3, 0.4) is 0 Å². The zero-order chi connectivity index (χ0) is 36.4. The summed E-state index contributed by atoms with van der Waals surface area (Å²) in [6, 6.07) is 32.0. The average Bonchev–Trinajstić information content (AvgIpc) is 3.56. The van der Waals surface area contributed by atoms with Gasteiger partial charge in [0.1, 0.15) is 0 Å². The van der Waals surface area contributed by atoms with Gasteiger partial charge in [-0.15, -0.1) is 0 Å². The number of halogens is 4. The molecule has 0 heterocycles. The fourth-order valence-electron chi connectivity index (χ4n) is 8.49. The van der Waals surface area contributed by atoms with Crippen molar-refractivity contribution in [3.05, 3.63) is 149 Å². The van der Waals surface area contributed by atoms with Crippen LogP contribution in [0.2, 0.25) is 10.0 Å². The molecular weight excluding hydrogens is 798 g/mol. The first-order chi connectivity index (χ1) is 23.3. The number of benzene rings is 4. The van der Waals surface area contributed by atoms with Crippen LogP contribution in [0.25, 0.3) is 11.1 Å². The minimum atomic E-state index is -4.09. The number of hydrogen-bond donors (Lipinski definition) is 0. The maximum absolute atomic E-state index is 6.54. The topological polar surface area (TPSA) is 0 Å². The first-order valence-corrected chi connectivity index (χ1v) is 24.6. The van der Waals surface area contributed by atoms with Crippen LogP contribution in [-0.4, -0.2) is 7.42 Å². The molecule has 0 amide bonds. The Bertz CT molecular complexity index is 2010. The predicted molar refractivity (Wildman–Crippen MR) is 218 cm³/mol. The van der Waals surface area contributed by atoms with Crippen LogP contribution < -0.4 is 24.8 Å². The molecule has 1 unspecified atom stereocenters. The minimum absolute atomic E-state index is 0. The molecule has 6 rings (SSSR count). The van der Waals surface area contributed by atoms with E-state index in [-0.39, 0.29) is 44.7 Å². The van der Waals surface area contributed by atoms with Crippen LogP contribution in [0.1, 0.15) is 120 Å². The molecule has 52 heavy (non-hydrogen) atoms. The summed E-state index contributed by atoms with van der Waals surface area (Å²) in [6.07, 6.45) is 3.63. The van der Waals surface area contributed by atoms with Gasteiger partial charge in [-0.3, -0.25) is 0 Å². The van der Waals surface area contributed by atoms with Crippen molar-refractivity contribution in [2.45, 2.75) is 97.0 Å². The number of fused-ring (bicyclic) bond motifs is 3. The van der Waals surface area contributed by atoms with E-state index in [0.29, 0.717) is 5.92 Å². The van der Waals surface area contributed by atoms with Gasteiger partial charge in [0.15, 0.2) is 0 Å². The molecule has 0 saturated carbocycles. The SMILES string of the molecule is CCC1=[C]([Zr+2](=[CH]c2ccc(Cl)cc2)(=[CH]c2ccc(Cl)cc2)[CH]2c3cc(C(C)(C)C)ccc3-c3ccc(C(C)(C)C)cc32)C(C)C=C1C(C)(C)C.[Cl-].[Cl-].